The van der Waals surface area contributed by atoms with Gasteiger partial charge in [-0.3, -0.25) is 4.79 Å². The van der Waals surface area contributed by atoms with E-state index in [0.717, 1.165) is 19.4 Å². The maximum absolute atomic E-state index is 11.8. The normalized spacial score (nSPS) is 10.3. The standard InChI is InChI=1S/C11H20N4O2S/c1-3-13-11-15-9(12)8(18-11)10(16)14-6-4-5-7-17-2/h3-7,12H2,1-2H3,(H,13,15)(H,14,16). The molecule has 18 heavy (non-hydrogen) atoms. The summed E-state index contributed by atoms with van der Waals surface area (Å²) in [5, 5.41) is 6.54. The van der Waals surface area contributed by atoms with Gasteiger partial charge in [-0.15, -0.1) is 0 Å². The summed E-state index contributed by atoms with van der Waals surface area (Å²) in [7, 11) is 1.67. The van der Waals surface area contributed by atoms with E-state index in [1.54, 1.807) is 7.11 Å². The van der Waals surface area contributed by atoms with Crippen LogP contribution in [0.3, 0.4) is 0 Å². The van der Waals surface area contributed by atoms with Crippen molar-refractivity contribution in [3.63, 3.8) is 0 Å². The SMILES string of the molecule is CCNc1nc(N)c(C(=O)NCCCCOC)s1. The van der Waals surface area contributed by atoms with Gasteiger partial charge in [-0.25, -0.2) is 4.98 Å². The zero-order chi connectivity index (χ0) is 13.4. The molecule has 0 unspecified atom stereocenters. The molecule has 0 aliphatic heterocycles. The van der Waals surface area contributed by atoms with Crippen molar-refractivity contribution >= 4 is 28.2 Å². The summed E-state index contributed by atoms with van der Waals surface area (Å²) in [4.78, 5) is 16.4. The van der Waals surface area contributed by atoms with Crippen LogP contribution in [0.1, 0.15) is 29.4 Å². The molecular weight excluding hydrogens is 252 g/mol. The molecule has 0 bridgehead atoms. The molecule has 1 amide bonds. The molecule has 1 aromatic heterocycles. The molecule has 102 valence electrons. The lowest BCUT2D eigenvalue weighted by Gasteiger charge is -2.03. The highest BCUT2D eigenvalue weighted by Crippen LogP contribution is 2.24. The third-order valence-electron chi connectivity index (χ3n) is 2.25. The minimum atomic E-state index is -0.161. The van der Waals surface area contributed by atoms with Gasteiger partial charge in [0.15, 0.2) is 5.13 Å². The van der Waals surface area contributed by atoms with Gasteiger partial charge in [0, 0.05) is 26.8 Å². The van der Waals surface area contributed by atoms with Crippen LogP contribution >= 0.6 is 11.3 Å². The highest BCUT2D eigenvalue weighted by Gasteiger charge is 2.15. The Hall–Kier alpha value is -1.34. The minimum absolute atomic E-state index is 0.161. The lowest BCUT2D eigenvalue weighted by molar-refractivity contribution is 0.0956. The van der Waals surface area contributed by atoms with Crippen LogP contribution in [-0.4, -0.2) is 37.7 Å². The van der Waals surface area contributed by atoms with Crippen LogP contribution in [0.15, 0.2) is 0 Å². The number of amides is 1. The van der Waals surface area contributed by atoms with Gasteiger partial charge in [-0.1, -0.05) is 11.3 Å². The molecule has 1 rings (SSSR count). The zero-order valence-corrected chi connectivity index (χ0v) is 11.6. The van der Waals surface area contributed by atoms with Gasteiger partial charge in [-0.05, 0) is 19.8 Å². The maximum Gasteiger partial charge on any atom is 0.265 e. The minimum Gasteiger partial charge on any atom is -0.385 e. The number of thiazole rings is 1. The zero-order valence-electron chi connectivity index (χ0n) is 10.8. The molecule has 7 heteroatoms. The van der Waals surface area contributed by atoms with Crippen LogP contribution in [0, 0.1) is 0 Å². The topological polar surface area (TPSA) is 89.3 Å². The van der Waals surface area contributed by atoms with Crippen LogP contribution in [-0.2, 0) is 4.74 Å². The van der Waals surface area contributed by atoms with Crippen molar-refractivity contribution in [2.24, 2.45) is 0 Å². The van der Waals surface area contributed by atoms with E-state index in [2.05, 4.69) is 15.6 Å². The second-order valence-electron chi connectivity index (χ2n) is 3.72. The van der Waals surface area contributed by atoms with Crippen molar-refractivity contribution in [3.05, 3.63) is 4.88 Å². The summed E-state index contributed by atoms with van der Waals surface area (Å²) in [5.74, 6) is 0.122. The summed E-state index contributed by atoms with van der Waals surface area (Å²) in [6.45, 7) is 4.05. The number of unbranched alkanes of at least 4 members (excludes halogenated alkanes) is 1. The predicted octanol–water partition coefficient (Wildman–Crippen LogP) is 1.31. The van der Waals surface area contributed by atoms with Crippen molar-refractivity contribution < 1.29 is 9.53 Å². The monoisotopic (exact) mass is 272 g/mol. The molecule has 6 nitrogen and oxygen atoms in total. The van der Waals surface area contributed by atoms with Crippen LogP contribution in [0.2, 0.25) is 0 Å². The van der Waals surface area contributed by atoms with Crippen LogP contribution in [0.4, 0.5) is 10.9 Å². The number of nitrogens with two attached hydrogens (primary N) is 1. The summed E-state index contributed by atoms with van der Waals surface area (Å²) < 4.78 is 4.93. The van der Waals surface area contributed by atoms with Crippen LogP contribution in [0.25, 0.3) is 0 Å². The Morgan fingerprint density at radius 2 is 2.28 bits per heavy atom. The Balaban J connectivity index is 2.41. The fourth-order valence-electron chi connectivity index (χ4n) is 1.38. The summed E-state index contributed by atoms with van der Waals surface area (Å²) >= 11 is 1.28. The molecule has 0 aliphatic carbocycles. The molecule has 0 fully saturated rings. The first kappa shape index (κ1) is 14.7. The van der Waals surface area contributed by atoms with Gasteiger partial charge >= 0.3 is 0 Å². The number of nitrogen functional groups attached to an aromatic ring is 1. The van der Waals surface area contributed by atoms with Gasteiger partial charge in [0.1, 0.15) is 10.7 Å². The van der Waals surface area contributed by atoms with E-state index in [1.165, 1.54) is 11.3 Å². The van der Waals surface area contributed by atoms with E-state index in [-0.39, 0.29) is 11.7 Å². The lowest BCUT2D eigenvalue weighted by Crippen LogP contribution is -2.24. The summed E-state index contributed by atoms with van der Waals surface area (Å²) in [5.41, 5.74) is 5.70. The number of carbonyl (C=O) groups excluding carboxylic acids is 1. The highest BCUT2D eigenvalue weighted by molar-refractivity contribution is 7.18. The van der Waals surface area contributed by atoms with Crippen molar-refractivity contribution in [1.82, 2.24) is 10.3 Å². The van der Waals surface area contributed by atoms with Crippen LogP contribution in [0.5, 0.6) is 0 Å². The Kier molecular flexibility index (Phi) is 6.45. The number of nitrogens with zero attached hydrogens (tertiary/aromatic N) is 1. The largest absolute Gasteiger partial charge is 0.385 e. The average molecular weight is 272 g/mol. The third kappa shape index (κ3) is 4.50. The first-order valence-corrected chi connectivity index (χ1v) is 6.78. The molecule has 0 radical (unpaired) electrons. The van der Waals surface area contributed by atoms with Crippen molar-refractivity contribution in [2.75, 3.05) is 37.9 Å². The predicted molar refractivity (Wildman–Crippen MR) is 74.1 cm³/mol. The third-order valence-corrected chi connectivity index (χ3v) is 3.28. The molecule has 4 N–H and O–H groups in total. The molecule has 1 heterocycles. The number of anilines is 2. The lowest BCUT2D eigenvalue weighted by atomic mass is 10.3. The van der Waals surface area contributed by atoms with Gasteiger partial charge < -0.3 is 21.1 Å². The molecular formula is C11H20N4O2S. The van der Waals surface area contributed by atoms with Crippen LogP contribution < -0.4 is 16.4 Å². The van der Waals surface area contributed by atoms with E-state index in [9.17, 15) is 4.79 Å². The van der Waals surface area contributed by atoms with Crippen molar-refractivity contribution in [1.29, 1.82) is 0 Å². The Morgan fingerprint density at radius 3 is 2.94 bits per heavy atom. The van der Waals surface area contributed by atoms with E-state index in [0.29, 0.717) is 23.2 Å². The molecule has 0 aliphatic rings. The first-order valence-electron chi connectivity index (χ1n) is 5.96. The van der Waals surface area contributed by atoms with E-state index >= 15 is 0 Å². The number of rotatable bonds is 8. The Labute approximate surface area is 111 Å². The smallest absolute Gasteiger partial charge is 0.265 e. The number of hydrogen-bond donors (Lipinski definition) is 3. The molecule has 0 saturated heterocycles. The van der Waals surface area contributed by atoms with E-state index in [1.807, 2.05) is 6.92 Å². The number of ether oxygens (including phenoxy) is 1. The average Bonchev–Trinajstić information content (AvgIpc) is 2.70. The number of aromatic nitrogens is 1. The molecule has 0 aromatic carbocycles. The number of nitrogens with one attached hydrogen (secondary N) is 2. The van der Waals surface area contributed by atoms with Gasteiger partial charge in [0.25, 0.3) is 5.91 Å². The Morgan fingerprint density at radius 1 is 1.50 bits per heavy atom. The highest BCUT2D eigenvalue weighted by atomic mass is 32.1. The number of carbonyl (C=O) groups is 1. The molecule has 1 aromatic rings. The number of hydrogen-bond acceptors (Lipinski definition) is 6. The summed E-state index contributed by atoms with van der Waals surface area (Å²) in [6, 6.07) is 0. The Bertz CT molecular complexity index is 381. The maximum atomic E-state index is 11.8. The fraction of sp³-hybridized carbons (Fsp3) is 0.636. The summed E-state index contributed by atoms with van der Waals surface area (Å²) in [6.07, 6.45) is 1.82. The quantitative estimate of drug-likeness (QED) is 0.621. The van der Waals surface area contributed by atoms with Crippen molar-refractivity contribution in [2.45, 2.75) is 19.8 Å². The van der Waals surface area contributed by atoms with E-state index < -0.39 is 0 Å². The second kappa shape index (κ2) is 7.88. The fourth-order valence-corrected chi connectivity index (χ4v) is 2.24. The first-order chi connectivity index (χ1) is 8.69. The number of methoxy groups -OCH3 is 1. The molecule has 0 spiro atoms. The second-order valence-corrected chi connectivity index (χ2v) is 4.72. The van der Waals surface area contributed by atoms with Gasteiger partial charge in [-0.2, -0.15) is 0 Å². The van der Waals surface area contributed by atoms with Crippen molar-refractivity contribution in [3.8, 4) is 0 Å². The van der Waals surface area contributed by atoms with Gasteiger partial charge in [0.2, 0.25) is 0 Å². The van der Waals surface area contributed by atoms with Gasteiger partial charge in [0.05, 0.1) is 0 Å². The molecule has 0 saturated carbocycles. The molecule has 0 atom stereocenters. The van der Waals surface area contributed by atoms with E-state index in [4.69, 9.17) is 10.5 Å².